The first-order valence-electron chi connectivity index (χ1n) is 13.8. The van der Waals surface area contributed by atoms with Crippen LogP contribution in [0.25, 0.3) is 11.1 Å². The Kier molecular flexibility index (Phi) is 9.01. The van der Waals surface area contributed by atoms with Crippen LogP contribution in [0.4, 0.5) is 5.13 Å². The molecule has 39 heavy (non-hydrogen) atoms. The largest absolute Gasteiger partial charge is 0.351 e. The summed E-state index contributed by atoms with van der Waals surface area (Å²) in [7, 11) is 0. The van der Waals surface area contributed by atoms with E-state index in [9.17, 15) is 9.59 Å². The van der Waals surface area contributed by atoms with Crippen molar-refractivity contribution in [1.29, 1.82) is 0 Å². The second kappa shape index (κ2) is 13.0. The third-order valence-corrected chi connectivity index (χ3v) is 8.41. The number of fused-ring (bicyclic) bond motifs is 1. The number of carbonyl (C=O) groups is 2. The van der Waals surface area contributed by atoms with E-state index < -0.39 is 0 Å². The number of nitrogens with one attached hydrogen (secondary N) is 2. The molecule has 0 bridgehead atoms. The van der Waals surface area contributed by atoms with Gasteiger partial charge in [-0.05, 0) is 61.8 Å². The summed E-state index contributed by atoms with van der Waals surface area (Å²) in [5.74, 6) is -0.378. The highest BCUT2D eigenvalue weighted by molar-refractivity contribution is 7.15. The van der Waals surface area contributed by atoms with Gasteiger partial charge in [0, 0.05) is 30.6 Å². The van der Waals surface area contributed by atoms with E-state index in [4.69, 9.17) is 0 Å². The maximum Gasteiger partial charge on any atom is 0.249 e. The summed E-state index contributed by atoms with van der Waals surface area (Å²) in [5.41, 5.74) is 4.58. The molecule has 2 N–H and O–H groups in total. The number of thiazole rings is 1. The van der Waals surface area contributed by atoms with Crippen LogP contribution >= 0.6 is 11.3 Å². The Morgan fingerprint density at radius 2 is 1.85 bits per heavy atom. The van der Waals surface area contributed by atoms with Crippen LogP contribution in [0.3, 0.4) is 0 Å². The van der Waals surface area contributed by atoms with Gasteiger partial charge in [-0.1, -0.05) is 72.8 Å². The molecule has 2 aliphatic rings. The maximum atomic E-state index is 13.3. The standard InChI is InChI=1S/C32H36N4O2S/c1-2-3-4-8-14-29(37)34-32-35-30-27(12-9-13-28(30)39-32)31(38)33-26-19-20-36(22-26)21-23-15-17-25(18-16-23)24-10-6-5-7-11-24/h2-3,5-8,10-11,14-18,26-27H,4,9,12-13,19-22H2,1H3,(H,33,38)(H,34,35,37)/b3-2+,14-8+. The fraction of sp³-hybridized carbons (Fsp3) is 0.344. The molecule has 1 aromatic heterocycles. The van der Waals surface area contributed by atoms with Crippen molar-refractivity contribution in [2.75, 3.05) is 18.4 Å². The van der Waals surface area contributed by atoms with E-state index in [0.29, 0.717) is 5.13 Å². The first-order chi connectivity index (χ1) is 19.1. The minimum Gasteiger partial charge on any atom is -0.351 e. The summed E-state index contributed by atoms with van der Waals surface area (Å²) in [6.45, 7) is 4.65. The van der Waals surface area contributed by atoms with Crippen LogP contribution in [0.5, 0.6) is 0 Å². The molecule has 2 heterocycles. The van der Waals surface area contributed by atoms with Gasteiger partial charge in [-0.15, -0.1) is 11.3 Å². The van der Waals surface area contributed by atoms with E-state index in [-0.39, 0.29) is 23.8 Å². The molecule has 0 spiro atoms. The fourth-order valence-electron chi connectivity index (χ4n) is 5.35. The van der Waals surface area contributed by atoms with Gasteiger partial charge >= 0.3 is 0 Å². The molecule has 5 rings (SSSR count). The van der Waals surface area contributed by atoms with E-state index in [1.807, 2.05) is 31.2 Å². The van der Waals surface area contributed by atoms with E-state index in [1.54, 1.807) is 0 Å². The second-order valence-corrected chi connectivity index (χ2v) is 11.3. The number of aryl methyl sites for hydroxylation is 1. The van der Waals surface area contributed by atoms with E-state index >= 15 is 0 Å². The van der Waals surface area contributed by atoms with Crippen LogP contribution in [-0.2, 0) is 22.6 Å². The average Bonchev–Trinajstić information content (AvgIpc) is 3.57. The zero-order chi connectivity index (χ0) is 27.0. The molecule has 1 aliphatic heterocycles. The average molecular weight is 541 g/mol. The summed E-state index contributed by atoms with van der Waals surface area (Å²) in [4.78, 5) is 33.8. The highest BCUT2D eigenvalue weighted by atomic mass is 32.1. The molecule has 1 saturated heterocycles. The number of aromatic nitrogens is 1. The van der Waals surface area contributed by atoms with Gasteiger partial charge in [-0.25, -0.2) is 4.98 Å². The molecule has 7 heteroatoms. The van der Waals surface area contributed by atoms with Gasteiger partial charge in [0.05, 0.1) is 11.6 Å². The van der Waals surface area contributed by atoms with Crippen LogP contribution in [0.1, 0.15) is 54.7 Å². The number of benzene rings is 2. The van der Waals surface area contributed by atoms with Crippen LogP contribution in [-0.4, -0.2) is 40.8 Å². The lowest BCUT2D eigenvalue weighted by molar-refractivity contribution is -0.123. The van der Waals surface area contributed by atoms with Gasteiger partial charge in [-0.3, -0.25) is 19.8 Å². The Bertz CT molecular complexity index is 1330. The van der Waals surface area contributed by atoms with Crippen molar-refractivity contribution >= 4 is 28.3 Å². The second-order valence-electron chi connectivity index (χ2n) is 10.3. The van der Waals surface area contributed by atoms with E-state index in [2.05, 4.69) is 69.0 Å². The summed E-state index contributed by atoms with van der Waals surface area (Å²) in [6.07, 6.45) is 11.6. The number of hydrogen-bond acceptors (Lipinski definition) is 5. The number of carbonyl (C=O) groups excluding carboxylic acids is 2. The Hall–Kier alpha value is -3.55. The zero-order valence-electron chi connectivity index (χ0n) is 22.4. The lowest BCUT2D eigenvalue weighted by atomic mass is 9.90. The Labute approximate surface area is 234 Å². The van der Waals surface area contributed by atoms with Crippen molar-refractivity contribution < 1.29 is 9.59 Å². The summed E-state index contributed by atoms with van der Waals surface area (Å²) >= 11 is 1.49. The smallest absolute Gasteiger partial charge is 0.249 e. The number of nitrogens with zero attached hydrogens (tertiary/aromatic N) is 2. The SMILES string of the molecule is C/C=C/C/C=C/C(=O)Nc1nc2c(s1)CCCC2C(=O)NC1CCN(Cc2ccc(-c3ccccc3)cc2)C1. The molecule has 2 atom stereocenters. The predicted octanol–water partition coefficient (Wildman–Crippen LogP) is 6.08. The first-order valence-corrected chi connectivity index (χ1v) is 14.7. The Morgan fingerprint density at radius 1 is 1.05 bits per heavy atom. The van der Waals surface area contributed by atoms with Crippen molar-refractivity contribution in [3.05, 3.63) is 95.0 Å². The molecule has 0 saturated carbocycles. The third-order valence-electron chi connectivity index (χ3n) is 7.36. The maximum absolute atomic E-state index is 13.3. The number of likely N-dealkylation sites (tertiary alicyclic amines) is 1. The van der Waals surface area contributed by atoms with Crippen molar-refractivity contribution in [2.45, 2.75) is 57.5 Å². The number of rotatable bonds is 9. The molecule has 1 fully saturated rings. The molecule has 1 aliphatic carbocycles. The lowest BCUT2D eigenvalue weighted by Gasteiger charge is -2.23. The van der Waals surface area contributed by atoms with Gasteiger partial charge in [0.15, 0.2) is 5.13 Å². The minimum atomic E-state index is -0.250. The van der Waals surface area contributed by atoms with Crippen molar-refractivity contribution in [3.63, 3.8) is 0 Å². The molecule has 202 valence electrons. The monoisotopic (exact) mass is 540 g/mol. The van der Waals surface area contributed by atoms with Crippen LogP contribution in [0.2, 0.25) is 0 Å². The van der Waals surface area contributed by atoms with Crippen LogP contribution in [0.15, 0.2) is 78.9 Å². The van der Waals surface area contributed by atoms with Gasteiger partial charge in [-0.2, -0.15) is 0 Å². The number of hydrogen-bond donors (Lipinski definition) is 2. The predicted molar refractivity (Wildman–Crippen MR) is 159 cm³/mol. The van der Waals surface area contributed by atoms with Gasteiger partial charge in [0.25, 0.3) is 0 Å². The number of anilines is 1. The van der Waals surface area contributed by atoms with Crippen LogP contribution in [0, 0.1) is 0 Å². The number of allylic oxidation sites excluding steroid dienone is 3. The van der Waals surface area contributed by atoms with Crippen LogP contribution < -0.4 is 10.6 Å². The Morgan fingerprint density at radius 3 is 2.64 bits per heavy atom. The summed E-state index contributed by atoms with van der Waals surface area (Å²) in [5, 5.41) is 6.75. The molecule has 0 radical (unpaired) electrons. The molecule has 2 amide bonds. The Balaban J connectivity index is 1.13. The highest BCUT2D eigenvalue weighted by Crippen LogP contribution is 2.37. The van der Waals surface area contributed by atoms with E-state index in [1.165, 1.54) is 34.1 Å². The van der Waals surface area contributed by atoms with Crippen molar-refractivity contribution in [3.8, 4) is 11.1 Å². The molecule has 2 unspecified atom stereocenters. The third kappa shape index (κ3) is 7.11. The number of amides is 2. The lowest BCUT2D eigenvalue weighted by Crippen LogP contribution is -2.40. The molecular weight excluding hydrogens is 504 g/mol. The normalized spacial score (nSPS) is 19.4. The highest BCUT2D eigenvalue weighted by Gasteiger charge is 2.33. The first kappa shape index (κ1) is 27.0. The van der Waals surface area contributed by atoms with Gasteiger partial charge in [0.1, 0.15) is 0 Å². The quantitative estimate of drug-likeness (QED) is 0.255. The van der Waals surface area contributed by atoms with Gasteiger partial charge in [0.2, 0.25) is 11.8 Å². The minimum absolute atomic E-state index is 0.0597. The summed E-state index contributed by atoms with van der Waals surface area (Å²) in [6, 6.07) is 19.3. The van der Waals surface area contributed by atoms with Crippen molar-refractivity contribution in [1.82, 2.24) is 15.2 Å². The fourth-order valence-corrected chi connectivity index (χ4v) is 6.42. The molecule has 2 aromatic carbocycles. The molecule has 3 aromatic rings. The zero-order valence-corrected chi connectivity index (χ0v) is 23.3. The van der Waals surface area contributed by atoms with E-state index in [0.717, 1.165) is 62.3 Å². The van der Waals surface area contributed by atoms with Gasteiger partial charge < -0.3 is 5.32 Å². The molecular formula is C32H36N4O2S. The summed E-state index contributed by atoms with van der Waals surface area (Å²) < 4.78 is 0. The molecule has 6 nitrogen and oxygen atoms in total. The van der Waals surface area contributed by atoms with Crippen molar-refractivity contribution in [2.24, 2.45) is 0 Å². The topological polar surface area (TPSA) is 74.3 Å².